The summed E-state index contributed by atoms with van der Waals surface area (Å²) in [4.78, 5) is 12.2. The van der Waals surface area contributed by atoms with E-state index in [4.69, 9.17) is 15.2 Å². The van der Waals surface area contributed by atoms with Gasteiger partial charge in [0, 0.05) is 18.9 Å². The average molecular weight is 398 g/mol. The van der Waals surface area contributed by atoms with E-state index >= 15 is 0 Å². The molecule has 2 heterocycles. The fraction of sp³-hybridized carbons (Fsp3) is 0.560. The van der Waals surface area contributed by atoms with Crippen LogP contribution < -0.4 is 5.73 Å². The first-order valence-corrected chi connectivity index (χ1v) is 10.7. The van der Waals surface area contributed by atoms with Crippen molar-refractivity contribution in [3.8, 4) is 0 Å². The Bertz CT molecular complexity index is 810. The Balaban J connectivity index is 1.83. The number of rotatable bonds is 5. The molecule has 1 aliphatic carbocycles. The zero-order valence-corrected chi connectivity index (χ0v) is 18.5. The lowest BCUT2D eigenvalue weighted by Crippen LogP contribution is -2.49. The molecule has 0 aromatic rings. The molecular formula is C25H35NO3. The van der Waals surface area contributed by atoms with Crippen LogP contribution in [-0.2, 0) is 14.3 Å². The summed E-state index contributed by atoms with van der Waals surface area (Å²) in [6.45, 7) is 10.8. The number of carbonyl (C=O) groups is 1. The van der Waals surface area contributed by atoms with Crippen LogP contribution in [0.15, 0.2) is 58.2 Å². The van der Waals surface area contributed by atoms with E-state index in [1.165, 1.54) is 16.7 Å². The number of ether oxygens (including phenoxy) is 2. The predicted molar refractivity (Wildman–Crippen MR) is 117 cm³/mol. The van der Waals surface area contributed by atoms with Gasteiger partial charge in [0.2, 0.25) is 5.79 Å². The molecular weight excluding hydrogens is 362 g/mol. The summed E-state index contributed by atoms with van der Waals surface area (Å²) in [5.74, 6) is -0.716. The molecule has 158 valence electrons. The highest BCUT2D eigenvalue weighted by atomic mass is 16.7. The second-order valence-electron chi connectivity index (χ2n) is 9.00. The van der Waals surface area contributed by atoms with E-state index < -0.39 is 5.79 Å². The van der Waals surface area contributed by atoms with Gasteiger partial charge in [-0.25, -0.2) is 0 Å². The van der Waals surface area contributed by atoms with Gasteiger partial charge >= 0.3 is 0 Å². The highest BCUT2D eigenvalue weighted by Gasteiger charge is 2.45. The summed E-state index contributed by atoms with van der Waals surface area (Å²) in [5.41, 5.74) is 11.8. The van der Waals surface area contributed by atoms with Gasteiger partial charge in [-0.05, 0) is 83.3 Å². The maximum Gasteiger partial charge on any atom is 0.209 e. The van der Waals surface area contributed by atoms with Crippen LogP contribution in [0, 0.1) is 5.92 Å². The zero-order valence-electron chi connectivity index (χ0n) is 18.5. The van der Waals surface area contributed by atoms with Gasteiger partial charge in [0.05, 0.1) is 12.2 Å². The van der Waals surface area contributed by atoms with E-state index in [1.807, 2.05) is 19.1 Å². The molecule has 0 bridgehead atoms. The van der Waals surface area contributed by atoms with Crippen molar-refractivity contribution in [1.82, 2.24) is 0 Å². The lowest BCUT2D eigenvalue weighted by Gasteiger charge is -2.45. The summed E-state index contributed by atoms with van der Waals surface area (Å²) in [6.07, 6.45) is 13.7. The van der Waals surface area contributed by atoms with Crippen LogP contribution in [0.5, 0.6) is 0 Å². The number of Topliss-reactive ketones (excluding diaryl/α,β-unsaturated/α-hetero) is 1. The minimum atomic E-state index is -0.906. The molecule has 2 aliphatic heterocycles. The normalized spacial score (nSPS) is 32.3. The van der Waals surface area contributed by atoms with E-state index in [0.29, 0.717) is 13.0 Å². The average Bonchev–Trinajstić information content (AvgIpc) is 2.61. The molecule has 1 spiro atoms. The zero-order chi connectivity index (χ0) is 21.2. The Hall–Kier alpha value is -1.75. The molecule has 0 aromatic heterocycles. The van der Waals surface area contributed by atoms with E-state index in [0.717, 1.165) is 30.4 Å². The van der Waals surface area contributed by atoms with E-state index in [9.17, 15) is 4.79 Å². The molecule has 4 atom stereocenters. The molecule has 0 aromatic carbocycles. The molecule has 0 saturated heterocycles. The van der Waals surface area contributed by atoms with Gasteiger partial charge < -0.3 is 15.2 Å². The summed E-state index contributed by atoms with van der Waals surface area (Å²) < 4.78 is 13.0. The van der Waals surface area contributed by atoms with Gasteiger partial charge in [-0.2, -0.15) is 0 Å². The Labute approximate surface area is 175 Å². The van der Waals surface area contributed by atoms with Crippen LogP contribution in [0.25, 0.3) is 0 Å². The van der Waals surface area contributed by atoms with Gasteiger partial charge in [0.1, 0.15) is 0 Å². The number of nitrogens with two attached hydrogens (primary N) is 1. The number of carbonyl (C=O) groups excluding carboxylic acids is 1. The first-order valence-electron chi connectivity index (χ1n) is 10.7. The van der Waals surface area contributed by atoms with E-state index in [1.54, 1.807) is 0 Å². The van der Waals surface area contributed by atoms with Gasteiger partial charge in [-0.15, -0.1) is 0 Å². The maximum atomic E-state index is 12.2. The standard InChI is InChI=1S/C25H35NO3/c1-16(2)7-6-8-17(3)9-21-10-18(4)13-25(28-21)14-20(15-26)22-12-23(27)19(5)11-24(22)29-25/h7,9,11,13-14,21-22,24H,6,8,10,12,15,26H2,1-5H3/b17-9+/t21-,22-,24-,25+/m1/s1. The van der Waals surface area contributed by atoms with E-state index in [2.05, 4.69) is 45.9 Å². The topological polar surface area (TPSA) is 61.6 Å². The highest BCUT2D eigenvalue weighted by molar-refractivity contribution is 5.96. The van der Waals surface area contributed by atoms with Crippen molar-refractivity contribution in [2.75, 3.05) is 6.54 Å². The quantitative estimate of drug-likeness (QED) is 0.668. The van der Waals surface area contributed by atoms with Gasteiger partial charge in [-0.3, -0.25) is 4.79 Å². The Morgan fingerprint density at radius 3 is 2.66 bits per heavy atom. The van der Waals surface area contributed by atoms with Crippen LogP contribution in [0.3, 0.4) is 0 Å². The molecule has 29 heavy (non-hydrogen) atoms. The maximum absolute atomic E-state index is 12.2. The van der Waals surface area contributed by atoms with Crippen molar-refractivity contribution in [3.05, 3.63) is 58.2 Å². The van der Waals surface area contributed by atoms with Gasteiger partial charge in [0.25, 0.3) is 0 Å². The summed E-state index contributed by atoms with van der Waals surface area (Å²) >= 11 is 0. The van der Waals surface area contributed by atoms with E-state index in [-0.39, 0.29) is 23.9 Å². The predicted octanol–water partition coefficient (Wildman–Crippen LogP) is 4.93. The molecule has 3 aliphatic rings. The SMILES string of the molecule is CC(C)=CCC/C(C)=C/[C@@H]1CC(C)=C[C@]2(C=C(CN)[C@H]3CC(=O)C(C)=C[C@H]3O2)O1. The summed E-state index contributed by atoms with van der Waals surface area (Å²) in [5, 5.41) is 0. The minimum Gasteiger partial charge on any atom is -0.335 e. The molecule has 0 unspecified atom stereocenters. The Morgan fingerprint density at radius 1 is 1.21 bits per heavy atom. The minimum absolute atomic E-state index is 0.0147. The van der Waals surface area contributed by atoms with Crippen LogP contribution in [0.1, 0.15) is 60.3 Å². The lowest BCUT2D eigenvalue weighted by molar-refractivity contribution is -0.224. The third-order valence-electron chi connectivity index (χ3n) is 5.94. The highest BCUT2D eigenvalue weighted by Crippen LogP contribution is 2.42. The smallest absolute Gasteiger partial charge is 0.209 e. The number of hydrogen-bond donors (Lipinski definition) is 1. The largest absolute Gasteiger partial charge is 0.335 e. The fourth-order valence-corrected chi connectivity index (χ4v) is 4.46. The third kappa shape index (κ3) is 5.25. The van der Waals surface area contributed by atoms with Crippen LogP contribution in [0.4, 0.5) is 0 Å². The van der Waals surface area contributed by atoms with Crippen molar-refractivity contribution in [2.24, 2.45) is 11.7 Å². The third-order valence-corrected chi connectivity index (χ3v) is 5.94. The molecule has 4 nitrogen and oxygen atoms in total. The molecule has 0 amide bonds. The van der Waals surface area contributed by atoms with Crippen molar-refractivity contribution >= 4 is 5.78 Å². The van der Waals surface area contributed by atoms with Crippen molar-refractivity contribution in [3.63, 3.8) is 0 Å². The van der Waals surface area contributed by atoms with Crippen LogP contribution in [0.2, 0.25) is 0 Å². The monoisotopic (exact) mass is 397 g/mol. The first kappa shape index (κ1) is 21.9. The van der Waals surface area contributed by atoms with Gasteiger partial charge in [0.15, 0.2) is 5.78 Å². The molecule has 4 heteroatoms. The van der Waals surface area contributed by atoms with Crippen molar-refractivity contribution in [1.29, 1.82) is 0 Å². The molecule has 0 saturated carbocycles. The molecule has 3 rings (SSSR count). The lowest BCUT2D eigenvalue weighted by atomic mass is 9.78. The van der Waals surface area contributed by atoms with Crippen LogP contribution in [-0.4, -0.2) is 30.3 Å². The van der Waals surface area contributed by atoms with Crippen molar-refractivity contribution < 1.29 is 14.3 Å². The van der Waals surface area contributed by atoms with Gasteiger partial charge in [-0.1, -0.05) is 28.9 Å². The molecule has 0 radical (unpaired) electrons. The molecule has 0 fully saturated rings. The second-order valence-corrected chi connectivity index (χ2v) is 9.00. The first-order chi connectivity index (χ1) is 13.7. The Kier molecular flexibility index (Phi) is 6.77. The second kappa shape index (κ2) is 8.95. The summed E-state index contributed by atoms with van der Waals surface area (Å²) in [6, 6.07) is 0. The number of hydrogen-bond acceptors (Lipinski definition) is 4. The fourth-order valence-electron chi connectivity index (χ4n) is 4.46. The number of fused-ring (bicyclic) bond motifs is 1. The number of ketones is 1. The molecule has 2 N–H and O–H groups in total. The number of allylic oxidation sites excluding steroid dienone is 4. The van der Waals surface area contributed by atoms with Crippen molar-refractivity contribution in [2.45, 2.75) is 78.3 Å². The van der Waals surface area contributed by atoms with Crippen LogP contribution >= 0.6 is 0 Å². The summed E-state index contributed by atoms with van der Waals surface area (Å²) in [7, 11) is 0. The Morgan fingerprint density at radius 2 is 1.97 bits per heavy atom.